The molecule has 9 nitrogen and oxygen atoms in total. The van der Waals surface area contributed by atoms with Crippen LogP contribution in [0.25, 0.3) is 0 Å². The lowest BCUT2D eigenvalue weighted by Gasteiger charge is -2.24. The van der Waals surface area contributed by atoms with Crippen LogP contribution in [-0.4, -0.2) is 61.2 Å². The molecule has 2 N–H and O–H groups in total. The summed E-state index contributed by atoms with van der Waals surface area (Å²) < 4.78 is 9.16. The van der Waals surface area contributed by atoms with Crippen molar-refractivity contribution < 1.29 is 29.0 Å². The van der Waals surface area contributed by atoms with Crippen LogP contribution in [0.4, 0.5) is 0 Å². The van der Waals surface area contributed by atoms with E-state index in [1.807, 2.05) is 0 Å². The standard InChI is InChI=1S/C11H13N3O6/c1-19-10(17)6-4-3-12-7(9(15)16)5(4)8(14-13-6)11(18)20-2/h4-5,7,12H,3H2,1-2H3,(H,15,16). The zero-order valence-electron chi connectivity index (χ0n) is 10.8. The summed E-state index contributed by atoms with van der Waals surface area (Å²) in [5, 5.41) is 19.3. The van der Waals surface area contributed by atoms with E-state index < -0.39 is 35.8 Å². The summed E-state index contributed by atoms with van der Waals surface area (Å²) in [6.07, 6.45) is 0. The summed E-state index contributed by atoms with van der Waals surface area (Å²) >= 11 is 0. The third-order valence-electron chi connectivity index (χ3n) is 3.34. The van der Waals surface area contributed by atoms with Gasteiger partial charge in [-0.2, -0.15) is 0 Å². The van der Waals surface area contributed by atoms with Crippen molar-refractivity contribution in [1.29, 1.82) is 0 Å². The summed E-state index contributed by atoms with van der Waals surface area (Å²) in [5.41, 5.74) is -0.107. The summed E-state index contributed by atoms with van der Waals surface area (Å²) in [6.45, 7) is 0.186. The van der Waals surface area contributed by atoms with E-state index in [-0.39, 0.29) is 18.0 Å². The molecule has 0 bridgehead atoms. The summed E-state index contributed by atoms with van der Waals surface area (Å²) in [4.78, 5) is 34.5. The Morgan fingerprint density at radius 2 is 1.70 bits per heavy atom. The molecule has 2 aliphatic rings. The third-order valence-corrected chi connectivity index (χ3v) is 3.34. The fraction of sp³-hybridized carbons (Fsp3) is 0.545. The minimum atomic E-state index is -1.14. The van der Waals surface area contributed by atoms with E-state index in [4.69, 9.17) is 0 Å². The average molecular weight is 283 g/mol. The highest BCUT2D eigenvalue weighted by atomic mass is 16.5. The van der Waals surface area contributed by atoms with Crippen molar-refractivity contribution in [2.24, 2.45) is 22.0 Å². The van der Waals surface area contributed by atoms with E-state index in [0.717, 1.165) is 7.11 Å². The smallest absolute Gasteiger partial charge is 0.354 e. The van der Waals surface area contributed by atoms with Gasteiger partial charge in [-0.05, 0) is 0 Å². The average Bonchev–Trinajstić information content (AvgIpc) is 2.89. The molecule has 0 radical (unpaired) electrons. The molecule has 20 heavy (non-hydrogen) atoms. The van der Waals surface area contributed by atoms with Gasteiger partial charge in [0.05, 0.1) is 14.2 Å². The molecule has 2 aliphatic heterocycles. The molecule has 3 atom stereocenters. The number of carbonyl (C=O) groups excluding carboxylic acids is 2. The number of nitrogens with one attached hydrogen (secondary N) is 1. The van der Waals surface area contributed by atoms with Crippen LogP contribution in [0.15, 0.2) is 10.2 Å². The molecule has 0 aromatic heterocycles. The molecule has 1 fully saturated rings. The van der Waals surface area contributed by atoms with Crippen LogP contribution in [0.2, 0.25) is 0 Å². The summed E-state index contributed by atoms with van der Waals surface area (Å²) in [5.74, 6) is -4.00. The third kappa shape index (κ3) is 2.16. The Kier molecular flexibility index (Phi) is 3.79. The highest BCUT2D eigenvalue weighted by molar-refractivity contribution is 6.43. The predicted octanol–water partition coefficient (Wildman–Crippen LogP) is -1.57. The van der Waals surface area contributed by atoms with Crippen LogP contribution in [0, 0.1) is 11.8 Å². The number of carboxylic acid groups (broad SMARTS) is 1. The van der Waals surface area contributed by atoms with E-state index in [9.17, 15) is 19.5 Å². The number of carboxylic acids is 1. The molecule has 3 unspecified atom stereocenters. The first-order chi connectivity index (χ1) is 9.51. The van der Waals surface area contributed by atoms with E-state index in [0.29, 0.717) is 0 Å². The molecule has 9 heteroatoms. The Bertz CT molecular complexity index is 526. The van der Waals surface area contributed by atoms with E-state index >= 15 is 0 Å². The number of nitrogens with zero attached hydrogens (tertiary/aromatic N) is 2. The van der Waals surface area contributed by atoms with Gasteiger partial charge in [0.1, 0.15) is 6.04 Å². The maximum Gasteiger partial charge on any atom is 0.354 e. The maximum atomic E-state index is 11.7. The van der Waals surface area contributed by atoms with Gasteiger partial charge in [0, 0.05) is 18.4 Å². The molecule has 0 amide bonds. The minimum Gasteiger partial charge on any atom is -0.480 e. The molecule has 0 aromatic carbocycles. The Labute approximate surface area is 113 Å². The Morgan fingerprint density at radius 3 is 2.25 bits per heavy atom. The molecule has 2 heterocycles. The molecule has 0 aliphatic carbocycles. The summed E-state index contributed by atoms with van der Waals surface area (Å²) in [6, 6.07) is -1.03. The molecule has 108 valence electrons. The fourth-order valence-electron chi connectivity index (χ4n) is 2.42. The minimum absolute atomic E-state index is 0.00130. The van der Waals surface area contributed by atoms with Crippen LogP contribution in [0.5, 0.6) is 0 Å². The van der Waals surface area contributed by atoms with E-state index in [1.54, 1.807) is 0 Å². The highest BCUT2D eigenvalue weighted by Gasteiger charge is 2.51. The van der Waals surface area contributed by atoms with Crippen molar-refractivity contribution in [1.82, 2.24) is 5.32 Å². The van der Waals surface area contributed by atoms with Gasteiger partial charge in [0.25, 0.3) is 0 Å². The van der Waals surface area contributed by atoms with Gasteiger partial charge >= 0.3 is 17.9 Å². The first kappa shape index (κ1) is 14.1. The number of hydrogen-bond donors (Lipinski definition) is 2. The predicted molar refractivity (Wildman–Crippen MR) is 65.3 cm³/mol. The van der Waals surface area contributed by atoms with Crippen LogP contribution in [0.3, 0.4) is 0 Å². The zero-order valence-corrected chi connectivity index (χ0v) is 10.8. The Hall–Kier alpha value is -2.29. The van der Waals surface area contributed by atoms with Crippen molar-refractivity contribution in [3.63, 3.8) is 0 Å². The lowest BCUT2D eigenvalue weighted by molar-refractivity contribution is -0.140. The van der Waals surface area contributed by atoms with Gasteiger partial charge in [0.2, 0.25) is 0 Å². The van der Waals surface area contributed by atoms with Gasteiger partial charge < -0.3 is 19.9 Å². The molecule has 0 aromatic rings. The second kappa shape index (κ2) is 5.37. The van der Waals surface area contributed by atoms with E-state index in [1.165, 1.54) is 7.11 Å². The molecule has 2 rings (SSSR count). The quantitative estimate of drug-likeness (QED) is 0.599. The Morgan fingerprint density at radius 1 is 1.15 bits per heavy atom. The fourth-order valence-corrected chi connectivity index (χ4v) is 2.42. The van der Waals surface area contributed by atoms with Crippen molar-refractivity contribution in [2.45, 2.75) is 6.04 Å². The Balaban J connectivity index is 2.43. The molecule has 1 saturated heterocycles. The molecular formula is C11H13N3O6. The van der Waals surface area contributed by atoms with Crippen molar-refractivity contribution in [3.8, 4) is 0 Å². The first-order valence-corrected chi connectivity index (χ1v) is 5.79. The summed E-state index contributed by atoms with van der Waals surface area (Å²) in [7, 11) is 2.36. The SMILES string of the molecule is COC(=O)C1=NN=C(C(=O)OC)C2C1CNC2C(=O)O. The van der Waals surface area contributed by atoms with Gasteiger partial charge in [-0.25, -0.2) is 9.59 Å². The number of ether oxygens (including phenoxy) is 2. The number of aliphatic carboxylic acids is 1. The molecular weight excluding hydrogens is 270 g/mol. The number of methoxy groups -OCH3 is 2. The van der Waals surface area contributed by atoms with Gasteiger partial charge in [-0.15, -0.1) is 10.2 Å². The topological polar surface area (TPSA) is 127 Å². The lowest BCUT2D eigenvalue weighted by Crippen LogP contribution is -2.45. The normalized spacial score (nSPS) is 28.0. The number of esters is 2. The zero-order chi connectivity index (χ0) is 14.9. The second-order valence-corrected chi connectivity index (χ2v) is 4.31. The first-order valence-electron chi connectivity index (χ1n) is 5.79. The lowest BCUT2D eigenvalue weighted by atomic mass is 9.82. The maximum absolute atomic E-state index is 11.7. The largest absolute Gasteiger partial charge is 0.480 e. The monoisotopic (exact) mass is 283 g/mol. The van der Waals surface area contributed by atoms with E-state index in [2.05, 4.69) is 25.0 Å². The number of rotatable bonds is 3. The second-order valence-electron chi connectivity index (χ2n) is 4.31. The highest BCUT2D eigenvalue weighted by Crippen LogP contribution is 2.30. The van der Waals surface area contributed by atoms with Crippen LogP contribution >= 0.6 is 0 Å². The van der Waals surface area contributed by atoms with Crippen molar-refractivity contribution in [3.05, 3.63) is 0 Å². The number of carbonyl (C=O) groups is 3. The van der Waals surface area contributed by atoms with Gasteiger partial charge in [-0.3, -0.25) is 4.79 Å². The van der Waals surface area contributed by atoms with Gasteiger partial charge in [0.15, 0.2) is 11.4 Å². The van der Waals surface area contributed by atoms with Gasteiger partial charge in [-0.1, -0.05) is 0 Å². The van der Waals surface area contributed by atoms with Crippen molar-refractivity contribution >= 4 is 29.3 Å². The van der Waals surface area contributed by atoms with Crippen LogP contribution in [0.1, 0.15) is 0 Å². The number of fused-ring (bicyclic) bond motifs is 1. The number of hydrogen-bond acceptors (Lipinski definition) is 8. The van der Waals surface area contributed by atoms with Crippen LogP contribution < -0.4 is 5.32 Å². The molecule has 0 saturated carbocycles. The van der Waals surface area contributed by atoms with Crippen LogP contribution in [-0.2, 0) is 23.9 Å². The molecule has 0 spiro atoms. The van der Waals surface area contributed by atoms with Crippen molar-refractivity contribution in [2.75, 3.05) is 20.8 Å².